The van der Waals surface area contributed by atoms with Crippen molar-refractivity contribution in [1.29, 1.82) is 0 Å². The Labute approximate surface area is 117 Å². The van der Waals surface area contributed by atoms with Crippen LogP contribution in [0.1, 0.15) is 18.9 Å². The Hall–Kier alpha value is -1.87. The Morgan fingerprint density at radius 2 is 2.11 bits per heavy atom. The van der Waals surface area contributed by atoms with Crippen LogP contribution in [0.2, 0.25) is 5.15 Å². The summed E-state index contributed by atoms with van der Waals surface area (Å²) in [6, 6.07) is 7.91. The van der Waals surface area contributed by atoms with Crippen LogP contribution in [0.4, 0.5) is 0 Å². The highest BCUT2D eigenvalue weighted by Crippen LogP contribution is 2.24. The first kappa shape index (κ1) is 13.6. The van der Waals surface area contributed by atoms with E-state index in [0.717, 1.165) is 22.8 Å². The number of hydrogen-bond acceptors (Lipinski definition) is 2. The molecule has 0 fully saturated rings. The van der Waals surface area contributed by atoms with E-state index in [1.54, 1.807) is 6.20 Å². The molecule has 1 N–H and O–H groups in total. The number of rotatable bonds is 4. The van der Waals surface area contributed by atoms with Crippen LogP contribution >= 0.6 is 11.6 Å². The molecule has 0 aliphatic heterocycles. The quantitative estimate of drug-likeness (QED) is 0.686. The van der Waals surface area contributed by atoms with E-state index in [1.807, 2.05) is 36.4 Å². The second-order valence-electron chi connectivity index (χ2n) is 4.22. The highest BCUT2D eigenvalue weighted by Gasteiger charge is 2.02. The average molecular weight is 275 g/mol. The van der Waals surface area contributed by atoms with Gasteiger partial charge in [0.1, 0.15) is 5.15 Å². The highest BCUT2D eigenvalue weighted by molar-refractivity contribution is 6.34. The lowest BCUT2D eigenvalue weighted by atomic mass is 10.1. The summed E-state index contributed by atoms with van der Waals surface area (Å²) < 4.78 is 0. The fraction of sp³-hybridized carbons (Fsp3) is 0.200. The van der Waals surface area contributed by atoms with Gasteiger partial charge in [0.2, 0.25) is 5.91 Å². The van der Waals surface area contributed by atoms with Gasteiger partial charge < -0.3 is 5.32 Å². The van der Waals surface area contributed by atoms with Crippen molar-refractivity contribution in [2.75, 3.05) is 6.54 Å². The molecule has 0 aliphatic rings. The topological polar surface area (TPSA) is 42.0 Å². The minimum Gasteiger partial charge on any atom is -0.356 e. The summed E-state index contributed by atoms with van der Waals surface area (Å²) in [6.45, 7) is 2.16. The summed E-state index contributed by atoms with van der Waals surface area (Å²) >= 11 is 6.06. The Morgan fingerprint density at radius 1 is 1.37 bits per heavy atom. The minimum absolute atomic E-state index is 0.00740. The van der Waals surface area contributed by atoms with Crippen LogP contribution in [-0.2, 0) is 4.79 Å². The van der Waals surface area contributed by atoms with Crippen molar-refractivity contribution >= 4 is 34.4 Å². The lowest BCUT2D eigenvalue weighted by molar-refractivity contribution is -0.118. The van der Waals surface area contributed by atoms with E-state index in [2.05, 4.69) is 10.3 Å². The van der Waals surface area contributed by atoms with Crippen LogP contribution in [0.3, 0.4) is 0 Å². The monoisotopic (exact) mass is 274 g/mol. The van der Waals surface area contributed by atoms with Gasteiger partial charge >= 0.3 is 0 Å². The molecule has 2 aromatic rings. The second kappa shape index (κ2) is 6.34. The van der Waals surface area contributed by atoms with Gasteiger partial charge in [-0.2, -0.15) is 0 Å². The maximum Gasteiger partial charge on any atom is 0.216 e. The second-order valence-corrected chi connectivity index (χ2v) is 4.58. The normalized spacial score (nSPS) is 11.1. The Kier molecular flexibility index (Phi) is 4.53. The van der Waals surface area contributed by atoms with Gasteiger partial charge in [-0.25, -0.2) is 4.98 Å². The molecule has 1 heterocycles. The summed E-state index contributed by atoms with van der Waals surface area (Å²) in [6.07, 6.45) is 6.58. The number of pyridine rings is 1. The van der Waals surface area contributed by atoms with Gasteiger partial charge in [-0.3, -0.25) is 4.79 Å². The molecule has 0 bridgehead atoms. The van der Waals surface area contributed by atoms with Crippen molar-refractivity contribution in [3.05, 3.63) is 47.3 Å². The summed E-state index contributed by atoms with van der Waals surface area (Å²) in [5.74, 6) is -0.00740. The molecule has 98 valence electrons. The molecule has 2 rings (SSSR count). The third-order valence-electron chi connectivity index (χ3n) is 2.76. The van der Waals surface area contributed by atoms with Gasteiger partial charge in [0.05, 0.1) is 0 Å². The Bertz CT molecular complexity index is 623. The van der Waals surface area contributed by atoms with Gasteiger partial charge in [-0.15, -0.1) is 0 Å². The molecule has 0 spiro atoms. The van der Waals surface area contributed by atoms with E-state index in [-0.39, 0.29) is 5.91 Å². The number of carbonyl (C=O) groups excluding carboxylic acids is 1. The van der Waals surface area contributed by atoms with E-state index < -0.39 is 0 Å². The molecule has 0 saturated carbocycles. The average Bonchev–Trinajstić information content (AvgIpc) is 2.41. The fourth-order valence-electron chi connectivity index (χ4n) is 1.85. The van der Waals surface area contributed by atoms with E-state index in [9.17, 15) is 4.79 Å². The fourth-order valence-corrected chi connectivity index (χ4v) is 2.07. The molecule has 4 heteroatoms. The zero-order chi connectivity index (χ0) is 13.7. The van der Waals surface area contributed by atoms with Crippen LogP contribution in [0.25, 0.3) is 16.8 Å². The number of amides is 1. The lowest BCUT2D eigenvalue weighted by Crippen LogP contribution is -2.20. The maximum absolute atomic E-state index is 10.7. The van der Waals surface area contributed by atoms with Crippen molar-refractivity contribution < 1.29 is 4.79 Å². The third-order valence-corrected chi connectivity index (χ3v) is 3.06. The van der Waals surface area contributed by atoms with E-state index in [4.69, 9.17) is 11.6 Å². The molecular formula is C15H15ClN2O. The van der Waals surface area contributed by atoms with Crippen molar-refractivity contribution in [2.24, 2.45) is 0 Å². The predicted octanol–water partition coefficient (Wildman–Crippen LogP) is 3.43. The minimum atomic E-state index is -0.00740. The van der Waals surface area contributed by atoms with Crippen LogP contribution in [-0.4, -0.2) is 17.4 Å². The molecule has 0 aliphatic carbocycles. The number of benzene rings is 1. The van der Waals surface area contributed by atoms with Crippen molar-refractivity contribution in [1.82, 2.24) is 10.3 Å². The molecule has 0 atom stereocenters. The highest BCUT2D eigenvalue weighted by atomic mass is 35.5. The van der Waals surface area contributed by atoms with Gasteiger partial charge in [0.15, 0.2) is 0 Å². The number of aromatic nitrogens is 1. The number of halogens is 1. The van der Waals surface area contributed by atoms with Crippen LogP contribution < -0.4 is 5.32 Å². The summed E-state index contributed by atoms with van der Waals surface area (Å²) in [5, 5.41) is 5.30. The van der Waals surface area contributed by atoms with E-state index >= 15 is 0 Å². The molecule has 19 heavy (non-hydrogen) atoms. The largest absolute Gasteiger partial charge is 0.356 e. The smallest absolute Gasteiger partial charge is 0.216 e. The summed E-state index contributed by atoms with van der Waals surface area (Å²) in [7, 11) is 0. The SMILES string of the molecule is CC(=O)NCCC=Cc1cnc(Cl)c2ccccc12. The van der Waals surface area contributed by atoms with Gasteiger partial charge in [-0.05, 0) is 11.8 Å². The summed E-state index contributed by atoms with van der Waals surface area (Å²) in [4.78, 5) is 14.9. The first-order chi connectivity index (χ1) is 9.18. The van der Waals surface area contributed by atoms with Gasteiger partial charge in [0, 0.05) is 30.6 Å². The number of hydrogen-bond donors (Lipinski definition) is 1. The first-order valence-electron chi connectivity index (χ1n) is 6.12. The van der Waals surface area contributed by atoms with Crippen molar-refractivity contribution in [2.45, 2.75) is 13.3 Å². The van der Waals surface area contributed by atoms with Crippen LogP contribution in [0, 0.1) is 0 Å². The molecular weight excluding hydrogens is 260 g/mol. The lowest BCUT2D eigenvalue weighted by Gasteiger charge is -2.03. The maximum atomic E-state index is 10.7. The van der Waals surface area contributed by atoms with Gasteiger partial charge in [-0.1, -0.05) is 48.0 Å². The third kappa shape index (κ3) is 3.55. The Balaban J connectivity index is 2.15. The molecule has 0 unspecified atom stereocenters. The summed E-state index contributed by atoms with van der Waals surface area (Å²) in [5.41, 5.74) is 1.03. The Morgan fingerprint density at radius 3 is 2.84 bits per heavy atom. The van der Waals surface area contributed by atoms with Crippen LogP contribution in [0.15, 0.2) is 36.5 Å². The number of nitrogens with zero attached hydrogens (tertiary/aromatic N) is 1. The van der Waals surface area contributed by atoms with Gasteiger partial charge in [0.25, 0.3) is 0 Å². The molecule has 0 saturated heterocycles. The number of carbonyl (C=O) groups is 1. The van der Waals surface area contributed by atoms with Crippen LogP contribution in [0.5, 0.6) is 0 Å². The molecule has 1 aromatic carbocycles. The van der Waals surface area contributed by atoms with E-state index in [0.29, 0.717) is 11.7 Å². The zero-order valence-corrected chi connectivity index (χ0v) is 11.4. The number of nitrogens with one attached hydrogen (secondary N) is 1. The standard InChI is InChI=1S/C15H15ClN2O/c1-11(19)17-9-5-4-6-12-10-18-15(16)14-8-3-2-7-13(12)14/h2-4,6-8,10H,5,9H2,1H3,(H,17,19). The van der Waals surface area contributed by atoms with E-state index in [1.165, 1.54) is 6.92 Å². The number of fused-ring (bicyclic) bond motifs is 1. The molecule has 3 nitrogen and oxygen atoms in total. The predicted molar refractivity (Wildman–Crippen MR) is 79.1 cm³/mol. The molecule has 1 aromatic heterocycles. The zero-order valence-electron chi connectivity index (χ0n) is 10.7. The van der Waals surface area contributed by atoms with Crippen molar-refractivity contribution in [3.8, 4) is 0 Å². The first-order valence-corrected chi connectivity index (χ1v) is 6.50. The molecule has 0 radical (unpaired) electrons. The van der Waals surface area contributed by atoms with Crippen molar-refractivity contribution in [3.63, 3.8) is 0 Å². The molecule has 1 amide bonds.